The molecule has 5 N–H and O–H groups in total. The van der Waals surface area contributed by atoms with Crippen molar-refractivity contribution in [3.63, 3.8) is 0 Å². The third-order valence-electron chi connectivity index (χ3n) is 6.39. The molecular weight excluding hydrogens is 468 g/mol. The van der Waals surface area contributed by atoms with E-state index in [4.69, 9.17) is 10.7 Å². The maximum atomic E-state index is 12.5. The summed E-state index contributed by atoms with van der Waals surface area (Å²) >= 11 is 0. The Kier molecular flexibility index (Phi) is 9.66. The summed E-state index contributed by atoms with van der Waals surface area (Å²) in [5, 5.41) is 9.96. The van der Waals surface area contributed by atoms with Gasteiger partial charge in [-0.2, -0.15) is 15.0 Å². The van der Waals surface area contributed by atoms with Crippen LogP contribution in [0.1, 0.15) is 75.7 Å². The number of primary amides is 1. The highest BCUT2D eigenvalue weighted by molar-refractivity contribution is 5.94. The number of carbonyl (C=O) groups is 2. The van der Waals surface area contributed by atoms with E-state index in [-0.39, 0.29) is 18.0 Å². The molecule has 1 saturated carbocycles. The van der Waals surface area contributed by atoms with Gasteiger partial charge in [0.05, 0.1) is 0 Å². The van der Waals surface area contributed by atoms with Crippen molar-refractivity contribution in [3.8, 4) is 0 Å². The Labute approximate surface area is 220 Å². The van der Waals surface area contributed by atoms with E-state index in [0.29, 0.717) is 47.4 Å². The van der Waals surface area contributed by atoms with Crippen LogP contribution in [0.5, 0.6) is 0 Å². The van der Waals surface area contributed by atoms with Crippen LogP contribution >= 0.6 is 0 Å². The number of aryl methyl sites for hydroxylation is 1. The number of hydrogen-bond donors (Lipinski definition) is 4. The third kappa shape index (κ3) is 8.30. The first kappa shape index (κ1) is 28.1. The fourth-order valence-electron chi connectivity index (χ4n) is 4.59. The van der Waals surface area contributed by atoms with E-state index in [0.717, 1.165) is 37.8 Å². The second-order valence-electron chi connectivity index (χ2n) is 10.9. The first-order valence-corrected chi connectivity index (χ1v) is 13.2. The third-order valence-corrected chi connectivity index (χ3v) is 6.39. The molecule has 1 aliphatic rings. The van der Waals surface area contributed by atoms with Crippen molar-refractivity contribution in [2.24, 2.45) is 17.6 Å². The molecule has 10 heteroatoms. The molecule has 1 fully saturated rings. The van der Waals surface area contributed by atoms with E-state index < -0.39 is 5.91 Å². The van der Waals surface area contributed by atoms with E-state index in [1.54, 1.807) is 12.1 Å². The minimum absolute atomic E-state index is 0.0134. The van der Waals surface area contributed by atoms with E-state index >= 15 is 0 Å². The molecule has 0 spiro atoms. The SMILES string of the molecule is Cc1ccc(C(N)=O)cc1Nc1nc(N[C@@H]2CCCC[C@H]2NC(=O)CC(C)C)nc(N(C)CC(C)C)n1. The van der Waals surface area contributed by atoms with Gasteiger partial charge in [-0.15, -0.1) is 0 Å². The van der Waals surface area contributed by atoms with Gasteiger partial charge in [0.15, 0.2) is 0 Å². The fraction of sp³-hybridized carbons (Fsp3) is 0.593. The Balaban J connectivity index is 1.89. The molecule has 1 aromatic carbocycles. The maximum Gasteiger partial charge on any atom is 0.248 e. The zero-order valence-electron chi connectivity index (χ0n) is 23.0. The van der Waals surface area contributed by atoms with Crippen molar-refractivity contribution >= 4 is 35.3 Å². The summed E-state index contributed by atoms with van der Waals surface area (Å²) in [6.45, 7) is 11.1. The molecular formula is C27H42N8O2. The number of amides is 2. The lowest BCUT2D eigenvalue weighted by molar-refractivity contribution is -0.122. The minimum atomic E-state index is -0.499. The second kappa shape index (κ2) is 12.7. The minimum Gasteiger partial charge on any atom is -0.366 e. The first-order chi connectivity index (χ1) is 17.5. The van der Waals surface area contributed by atoms with Crippen LogP contribution in [0.3, 0.4) is 0 Å². The molecule has 1 aliphatic carbocycles. The highest BCUT2D eigenvalue weighted by Gasteiger charge is 2.28. The predicted octanol–water partition coefficient (Wildman–Crippen LogP) is 4.00. The Hall–Kier alpha value is -3.43. The molecule has 1 aromatic heterocycles. The molecule has 2 amide bonds. The fourth-order valence-corrected chi connectivity index (χ4v) is 4.59. The van der Waals surface area contributed by atoms with E-state index in [9.17, 15) is 9.59 Å². The molecule has 202 valence electrons. The van der Waals surface area contributed by atoms with Gasteiger partial charge in [0.1, 0.15) is 0 Å². The molecule has 1 heterocycles. The molecule has 0 bridgehead atoms. The van der Waals surface area contributed by atoms with Crippen molar-refractivity contribution in [2.45, 2.75) is 78.8 Å². The average molecular weight is 511 g/mol. The van der Waals surface area contributed by atoms with Gasteiger partial charge in [0.25, 0.3) is 0 Å². The van der Waals surface area contributed by atoms with Gasteiger partial charge in [-0.05, 0) is 49.3 Å². The van der Waals surface area contributed by atoms with Crippen LogP contribution in [-0.4, -0.2) is 52.4 Å². The Morgan fingerprint density at radius 1 is 1.03 bits per heavy atom. The summed E-state index contributed by atoms with van der Waals surface area (Å²) in [6, 6.07) is 5.26. The molecule has 3 rings (SSSR count). The smallest absolute Gasteiger partial charge is 0.248 e. The topological polar surface area (TPSA) is 138 Å². The van der Waals surface area contributed by atoms with Crippen molar-refractivity contribution < 1.29 is 9.59 Å². The van der Waals surface area contributed by atoms with Crippen LogP contribution in [0.15, 0.2) is 18.2 Å². The number of aromatic nitrogens is 3. The van der Waals surface area contributed by atoms with E-state index in [1.807, 2.05) is 38.8 Å². The average Bonchev–Trinajstić information content (AvgIpc) is 2.80. The maximum absolute atomic E-state index is 12.5. The Morgan fingerprint density at radius 2 is 1.70 bits per heavy atom. The van der Waals surface area contributed by atoms with Crippen LogP contribution in [0, 0.1) is 18.8 Å². The van der Waals surface area contributed by atoms with Gasteiger partial charge >= 0.3 is 0 Å². The van der Waals surface area contributed by atoms with Gasteiger partial charge in [-0.1, -0.05) is 46.6 Å². The number of nitrogens with zero attached hydrogens (tertiary/aromatic N) is 4. The van der Waals surface area contributed by atoms with Gasteiger partial charge in [-0.25, -0.2) is 0 Å². The van der Waals surface area contributed by atoms with Crippen LogP contribution in [0.25, 0.3) is 0 Å². The number of carbonyl (C=O) groups excluding carboxylic acids is 2. The largest absolute Gasteiger partial charge is 0.366 e. The monoisotopic (exact) mass is 510 g/mol. The summed E-state index contributed by atoms with van der Waals surface area (Å²) in [5.41, 5.74) is 7.51. The van der Waals surface area contributed by atoms with Crippen molar-refractivity contribution in [3.05, 3.63) is 29.3 Å². The normalized spacial score (nSPS) is 17.5. The first-order valence-electron chi connectivity index (χ1n) is 13.2. The highest BCUT2D eigenvalue weighted by Crippen LogP contribution is 2.25. The highest BCUT2D eigenvalue weighted by atomic mass is 16.2. The van der Waals surface area contributed by atoms with Crippen LogP contribution < -0.4 is 26.6 Å². The molecule has 0 radical (unpaired) electrons. The number of nitrogens with two attached hydrogens (primary N) is 1. The van der Waals surface area contributed by atoms with E-state index in [1.165, 1.54) is 0 Å². The summed E-state index contributed by atoms with van der Waals surface area (Å²) in [4.78, 5) is 40.2. The quantitative estimate of drug-likeness (QED) is 0.356. The summed E-state index contributed by atoms with van der Waals surface area (Å²) in [5.74, 6) is 1.65. The molecule has 2 atom stereocenters. The predicted molar refractivity (Wildman–Crippen MR) is 148 cm³/mol. The summed E-state index contributed by atoms with van der Waals surface area (Å²) in [7, 11) is 1.96. The van der Waals surface area contributed by atoms with Gasteiger partial charge in [0, 0.05) is 43.3 Å². The molecule has 2 aromatic rings. The second-order valence-corrected chi connectivity index (χ2v) is 10.9. The lowest BCUT2D eigenvalue weighted by Crippen LogP contribution is -2.49. The van der Waals surface area contributed by atoms with Gasteiger partial charge in [-0.3, -0.25) is 9.59 Å². The number of rotatable bonds is 11. The zero-order chi connectivity index (χ0) is 27.1. The molecule has 0 aliphatic heterocycles. The number of anilines is 4. The Morgan fingerprint density at radius 3 is 2.35 bits per heavy atom. The van der Waals surface area contributed by atoms with E-state index in [2.05, 4.69) is 39.8 Å². The zero-order valence-corrected chi connectivity index (χ0v) is 23.0. The number of hydrogen-bond acceptors (Lipinski definition) is 8. The standard InChI is InChI=1S/C27H42N8O2/c1-16(2)13-23(36)29-20-9-7-8-10-21(20)30-25-32-26(34-27(33-25)35(6)15-17(3)4)31-22-14-19(24(28)37)12-11-18(22)5/h11-12,14,16-17,20-21H,7-10,13,15H2,1-6H3,(H2,28,37)(H,29,36)(H2,30,31,32,33,34)/t20-,21-/m1/s1. The summed E-state index contributed by atoms with van der Waals surface area (Å²) < 4.78 is 0. The van der Waals surface area contributed by atoms with Crippen molar-refractivity contribution in [2.75, 3.05) is 29.1 Å². The Bertz CT molecular complexity index is 1090. The van der Waals surface area contributed by atoms with Gasteiger partial charge < -0.3 is 26.6 Å². The molecule has 0 saturated heterocycles. The summed E-state index contributed by atoms with van der Waals surface area (Å²) in [6.07, 6.45) is 4.49. The van der Waals surface area contributed by atoms with Crippen LogP contribution in [-0.2, 0) is 4.79 Å². The number of benzene rings is 1. The van der Waals surface area contributed by atoms with Gasteiger partial charge in [0.2, 0.25) is 29.7 Å². The number of nitrogens with one attached hydrogen (secondary N) is 3. The lowest BCUT2D eigenvalue weighted by Gasteiger charge is -2.33. The van der Waals surface area contributed by atoms with Crippen molar-refractivity contribution in [1.82, 2.24) is 20.3 Å². The van der Waals surface area contributed by atoms with Crippen LogP contribution in [0.4, 0.5) is 23.5 Å². The molecule has 0 unspecified atom stereocenters. The molecule has 37 heavy (non-hydrogen) atoms. The molecule has 10 nitrogen and oxygen atoms in total. The van der Waals surface area contributed by atoms with Crippen LogP contribution in [0.2, 0.25) is 0 Å². The lowest BCUT2D eigenvalue weighted by atomic mass is 9.90. The van der Waals surface area contributed by atoms with Crippen molar-refractivity contribution in [1.29, 1.82) is 0 Å².